The van der Waals surface area contributed by atoms with Gasteiger partial charge in [0.05, 0.1) is 5.56 Å². The Labute approximate surface area is 79.2 Å². The van der Waals surface area contributed by atoms with E-state index < -0.39 is 0 Å². The van der Waals surface area contributed by atoms with E-state index in [4.69, 9.17) is 0 Å². The summed E-state index contributed by atoms with van der Waals surface area (Å²) in [5.74, 6) is 0.637. The molecule has 2 N–H and O–H groups in total. The van der Waals surface area contributed by atoms with E-state index in [0.29, 0.717) is 17.8 Å². The third-order valence-corrected chi connectivity index (χ3v) is 2.04. The minimum absolute atomic E-state index is 0.133. The summed E-state index contributed by atoms with van der Waals surface area (Å²) in [6.07, 6.45) is 0.454. The molecule has 14 heavy (non-hydrogen) atoms. The summed E-state index contributed by atoms with van der Waals surface area (Å²) in [7, 11) is 0. The van der Waals surface area contributed by atoms with Crippen molar-refractivity contribution in [1.82, 2.24) is 19.6 Å². The van der Waals surface area contributed by atoms with E-state index in [1.54, 1.807) is 13.8 Å². The summed E-state index contributed by atoms with van der Waals surface area (Å²) in [4.78, 5) is 17.9. The maximum Gasteiger partial charge on any atom is 0.259 e. The number of aromatic amines is 1. The van der Waals surface area contributed by atoms with Crippen LogP contribution in [0.15, 0.2) is 4.79 Å². The second kappa shape index (κ2) is 2.83. The fourth-order valence-corrected chi connectivity index (χ4v) is 1.37. The van der Waals surface area contributed by atoms with Gasteiger partial charge in [-0.25, -0.2) is 0 Å². The van der Waals surface area contributed by atoms with Gasteiger partial charge in [0.25, 0.3) is 5.56 Å². The Morgan fingerprint density at radius 3 is 2.93 bits per heavy atom. The van der Waals surface area contributed by atoms with Crippen molar-refractivity contribution in [1.29, 1.82) is 0 Å². The Balaban J connectivity index is 2.92. The van der Waals surface area contributed by atoms with Gasteiger partial charge in [-0.15, -0.1) is 5.10 Å². The van der Waals surface area contributed by atoms with Crippen LogP contribution in [0, 0.1) is 6.92 Å². The minimum Gasteiger partial charge on any atom is -0.493 e. The van der Waals surface area contributed by atoms with Crippen LogP contribution in [0.5, 0.6) is 5.88 Å². The highest BCUT2D eigenvalue weighted by Gasteiger charge is 2.12. The van der Waals surface area contributed by atoms with Gasteiger partial charge < -0.3 is 5.11 Å². The minimum atomic E-state index is -0.315. The molecule has 0 radical (unpaired) electrons. The first kappa shape index (κ1) is 8.74. The Morgan fingerprint density at radius 2 is 2.29 bits per heavy atom. The number of nitrogens with zero attached hydrogens (tertiary/aromatic N) is 3. The molecule has 74 valence electrons. The second-order valence-electron chi connectivity index (χ2n) is 3.00. The Kier molecular flexibility index (Phi) is 1.77. The summed E-state index contributed by atoms with van der Waals surface area (Å²) in [6, 6.07) is 0. The molecule has 0 aliphatic carbocycles. The predicted octanol–water partition coefficient (Wildman–Crippen LogP) is -0.00598. The van der Waals surface area contributed by atoms with Crippen LogP contribution >= 0.6 is 0 Å². The van der Waals surface area contributed by atoms with Crippen molar-refractivity contribution in [2.24, 2.45) is 0 Å². The molecule has 0 aliphatic rings. The van der Waals surface area contributed by atoms with Crippen LogP contribution in [0.3, 0.4) is 0 Å². The van der Waals surface area contributed by atoms with Gasteiger partial charge in [-0.05, 0) is 13.3 Å². The summed E-state index contributed by atoms with van der Waals surface area (Å²) in [5, 5.41) is 13.6. The van der Waals surface area contributed by atoms with Gasteiger partial charge >= 0.3 is 0 Å². The molecule has 0 fully saturated rings. The number of hydrogen-bond donors (Lipinski definition) is 2. The van der Waals surface area contributed by atoms with Crippen LogP contribution < -0.4 is 5.56 Å². The van der Waals surface area contributed by atoms with Crippen LogP contribution in [0.1, 0.15) is 18.3 Å². The third kappa shape index (κ3) is 1.07. The molecule has 0 atom stereocenters. The van der Waals surface area contributed by atoms with E-state index >= 15 is 0 Å². The maximum atomic E-state index is 11.4. The number of aromatic hydroxyl groups is 1. The number of aryl methyl sites for hydroxylation is 1. The molecule has 0 amide bonds. The number of hydrogen-bond acceptors (Lipinski definition) is 4. The molecule has 0 aliphatic heterocycles. The first-order valence-electron chi connectivity index (χ1n) is 4.31. The molecule has 0 spiro atoms. The van der Waals surface area contributed by atoms with Crippen molar-refractivity contribution in [3.63, 3.8) is 0 Å². The highest BCUT2D eigenvalue weighted by molar-refractivity contribution is 5.35. The molecule has 0 aromatic carbocycles. The number of nitrogens with one attached hydrogen (secondary N) is 1. The monoisotopic (exact) mass is 194 g/mol. The summed E-state index contributed by atoms with van der Waals surface area (Å²) < 4.78 is 1.23. The normalized spacial score (nSPS) is 11.0. The second-order valence-corrected chi connectivity index (χ2v) is 3.00. The van der Waals surface area contributed by atoms with E-state index in [0.717, 1.165) is 0 Å². The van der Waals surface area contributed by atoms with Gasteiger partial charge in [0.1, 0.15) is 5.82 Å². The summed E-state index contributed by atoms with van der Waals surface area (Å²) in [5.41, 5.74) is 0.00676. The fraction of sp³-hybridized carbons (Fsp3) is 0.375. The van der Waals surface area contributed by atoms with Gasteiger partial charge in [0, 0.05) is 0 Å². The van der Waals surface area contributed by atoms with E-state index in [1.807, 2.05) is 0 Å². The maximum absolute atomic E-state index is 11.4. The van der Waals surface area contributed by atoms with Crippen LogP contribution in [0.2, 0.25) is 0 Å². The molecular formula is C8H10N4O2. The lowest BCUT2D eigenvalue weighted by Gasteiger charge is -2.00. The van der Waals surface area contributed by atoms with Crippen molar-refractivity contribution in [2.45, 2.75) is 20.3 Å². The average Bonchev–Trinajstić information content (AvgIpc) is 2.47. The van der Waals surface area contributed by atoms with Crippen molar-refractivity contribution in [3.05, 3.63) is 21.7 Å². The topological polar surface area (TPSA) is 83.3 Å². The van der Waals surface area contributed by atoms with Crippen molar-refractivity contribution in [3.8, 4) is 5.88 Å². The lowest BCUT2D eigenvalue weighted by molar-refractivity contribution is 0.426. The predicted molar refractivity (Wildman–Crippen MR) is 49.4 cm³/mol. The summed E-state index contributed by atoms with van der Waals surface area (Å²) >= 11 is 0. The molecular weight excluding hydrogens is 184 g/mol. The highest BCUT2D eigenvalue weighted by atomic mass is 16.3. The third-order valence-electron chi connectivity index (χ3n) is 2.04. The first-order valence-corrected chi connectivity index (χ1v) is 4.31. The Bertz CT molecular complexity index is 540. The molecule has 6 heteroatoms. The van der Waals surface area contributed by atoms with Crippen LogP contribution in [-0.4, -0.2) is 24.7 Å². The number of rotatable bonds is 1. The molecule has 0 unspecified atom stereocenters. The fourth-order valence-electron chi connectivity index (χ4n) is 1.37. The lowest BCUT2D eigenvalue weighted by Crippen LogP contribution is -2.15. The molecule has 2 aromatic rings. The SMILES string of the molecule is CCc1c(O)n2nc(C)nc2[nH]c1=O. The van der Waals surface area contributed by atoms with Crippen LogP contribution in [0.25, 0.3) is 5.78 Å². The van der Waals surface area contributed by atoms with Crippen molar-refractivity contribution < 1.29 is 5.11 Å². The van der Waals surface area contributed by atoms with Gasteiger partial charge in [0.15, 0.2) is 0 Å². The van der Waals surface area contributed by atoms with Crippen molar-refractivity contribution >= 4 is 5.78 Å². The van der Waals surface area contributed by atoms with Gasteiger partial charge in [-0.2, -0.15) is 9.50 Å². The van der Waals surface area contributed by atoms with Crippen LogP contribution in [0.4, 0.5) is 0 Å². The van der Waals surface area contributed by atoms with Gasteiger partial charge in [-0.3, -0.25) is 9.78 Å². The Hall–Kier alpha value is -1.85. The highest BCUT2D eigenvalue weighted by Crippen LogP contribution is 2.12. The number of H-pyrrole nitrogens is 1. The molecule has 2 heterocycles. The summed E-state index contributed by atoms with van der Waals surface area (Å²) in [6.45, 7) is 3.48. The first-order chi connectivity index (χ1) is 6.63. The quantitative estimate of drug-likeness (QED) is 0.669. The number of fused-ring (bicyclic) bond motifs is 1. The Morgan fingerprint density at radius 1 is 1.57 bits per heavy atom. The van der Waals surface area contributed by atoms with E-state index in [-0.39, 0.29) is 17.2 Å². The number of aromatic nitrogens is 4. The zero-order valence-electron chi connectivity index (χ0n) is 7.90. The van der Waals surface area contributed by atoms with Crippen LogP contribution in [-0.2, 0) is 6.42 Å². The zero-order valence-corrected chi connectivity index (χ0v) is 7.90. The van der Waals surface area contributed by atoms with E-state index in [2.05, 4.69) is 15.1 Å². The smallest absolute Gasteiger partial charge is 0.259 e. The molecule has 0 saturated carbocycles. The standard InChI is InChI=1S/C8H10N4O2/c1-3-5-6(13)10-8-9-4(2)11-12(8)7(5)14/h14H,3H2,1-2H3,(H,9,10,11,13). The molecule has 0 saturated heterocycles. The lowest BCUT2D eigenvalue weighted by atomic mass is 10.2. The largest absolute Gasteiger partial charge is 0.493 e. The van der Waals surface area contributed by atoms with Crippen molar-refractivity contribution in [2.75, 3.05) is 0 Å². The molecule has 6 nitrogen and oxygen atoms in total. The van der Waals surface area contributed by atoms with E-state index in [1.165, 1.54) is 4.52 Å². The van der Waals surface area contributed by atoms with Gasteiger partial charge in [-0.1, -0.05) is 6.92 Å². The van der Waals surface area contributed by atoms with Gasteiger partial charge in [0.2, 0.25) is 11.7 Å². The van der Waals surface area contributed by atoms with E-state index in [9.17, 15) is 9.90 Å². The molecule has 2 aromatic heterocycles. The molecule has 2 rings (SSSR count). The molecule has 0 bridgehead atoms. The average molecular weight is 194 g/mol. The zero-order chi connectivity index (χ0) is 10.3.